The first-order valence-corrected chi connectivity index (χ1v) is 8.22. The van der Waals surface area contributed by atoms with Crippen LogP contribution in [0.1, 0.15) is 32.8 Å². The molecule has 122 valence electrons. The van der Waals surface area contributed by atoms with E-state index in [2.05, 4.69) is 36.9 Å². The Morgan fingerprint density at radius 2 is 2.04 bits per heavy atom. The molecule has 2 unspecified atom stereocenters. The molecule has 2 atom stereocenters. The molecule has 1 aromatic heterocycles. The molecule has 0 amide bonds. The quantitative estimate of drug-likeness (QED) is 0.930. The van der Waals surface area contributed by atoms with Crippen LogP contribution in [-0.2, 0) is 6.54 Å². The van der Waals surface area contributed by atoms with Crippen molar-refractivity contribution in [1.29, 1.82) is 0 Å². The molecule has 0 saturated heterocycles. The topological polar surface area (TPSA) is 50.9 Å². The zero-order chi connectivity index (χ0) is 16.7. The first-order valence-electron chi connectivity index (χ1n) is 7.84. The number of benzene rings is 1. The molecule has 23 heavy (non-hydrogen) atoms. The highest BCUT2D eigenvalue weighted by Crippen LogP contribution is 2.54. The van der Waals surface area contributed by atoms with E-state index in [4.69, 9.17) is 11.6 Å². The third kappa shape index (κ3) is 2.81. The van der Waals surface area contributed by atoms with Crippen molar-refractivity contribution in [3.63, 3.8) is 0 Å². The first kappa shape index (κ1) is 16.2. The lowest BCUT2D eigenvalue weighted by molar-refractivity contribution is -0.0463. The molecule has 0 aliphatic heterocycles. The first-order chi connectivity index (χ1) is 10.8. The predicted octanol–water partition coefficient (Wildman–Crippen LogP) is 3.81. The maximum absolute atomic E-state index is 11.6. The van der Waals surface area contributed by atoms with Crippen LogP contribution in [0.4, 0.5) is 0 Å². The molecule has 1 aromatic carbocycles. The van der Waals surface area contributed by atoms with Crippen LogP contribution in [0, 0.1) is 11.3 Å². The van der Waals surface area contributed by atoms with Crippen LogP contribution in [0.15, 0.2) is 42.5 Å². The van der Waals surface area contributed by atoms with Gasteiger partial charge in [-0.2, -0.15) is 5.10 Å². The Morgan fingerprint density at radius 1 is 1.35 bits per heavy atom. The van der Waals surface area contributed by atoms with Gasteiger partial charge in [0, 0.05) is 10.4 Å². The fourth-order valence-corrected chi connectivity index (χ4v) is 3.49. The molecule has 0 radical (unpaired) electrons. The largest absolute Gasteiger partial charge is 0.383 e. The highest BCUT2D eigenvalue weighted by molar-refractivity contribution is 6.30. The minimum absolute atomic E-state index is 0.253. The standard InChI is InChI=1S/C18H22ClN3O/c1-13-8-15(9-14-4-6-16(19)7-5-14)18(23,17(13,2)3)10-22-12-20-11-21-22/h4-7,9,11-13,23H,8,10H2,1-3H3/b15-9+. The molecule has 1 aliphatic rings. The van der Waals surface area contributed by atoms with E-state index in [9.17, 15) is 5.11 Å². The van der Waals surface area contributed by atoms with Gasteiger partial charge in [0.05, 0.1) is 6.54 Å². The molecule has 2 aromatic rings. The van der Waals surface area contributed by atoms with Gasteiger partial charge in [-0.25, -0.2) is 9.67 Å². The van der Waals surface area contributed by atoms with Gasteiger partial charge in [0.2, 0.25) is 0 Å². The number of rotatable bonds is 3. The molecule has 4 nitrogen and oxygen atoms in total. The summed E-state index contributed by atoms with van der Waals surface area (Å²) in [6, 6.07) is 7.68. The molecule has 1 heterocycles. The van der Waals surface area contributed by atoms with E-state index in [0.717, 1.165) is 17.6 Å². The van der Waals surface area contributed by atoms with Crippen molar-refractivity contribution in [3.8, 4) is 0 Å². The summed E-state index contributed by atoms with van der Waals surface area (Å²) in [5.74, 6) is 0.370. The zero-order valence-electron chi connectivity index (χ0n) is 13.7. The van der Waals surface area contributed by atoms with Crippen LogP contribution < -0.4 is 0 Å². The Balaban J connectivity index is 2.01. The van der Waals surface area contributed by atoms with E-state index in [1.165, 1.54) is 6.33 Å². The molecule has 1 fully saturated rings. The van der Waals surface area contributed by atoms with Crippen molar-refractivity contribution in [3.05, 3.63) is 53.1 Å². The Hall–Kier alpha value is -1.65. The van der Waals surface area contributed by atoms with E-state index >= 15 is 0 Å². The molecule has 0 spiro atoms. The second-order valence-corrected chi connectivity index (χ2v) is 7.44. The third-order valence-electron chi connectivity index (χ3n) is 5.42. The van der Waals surface area contributed by atoms with E-state index in [-0.39, 0.29) is 5.41 Å². The molecular weight excluding hydrogens is 310 g/mol. The van der Waals surface area contributed by atoms with Gasteiger partial charge in [-0.15, -0.1) is 0 Å². The predicted molar refractivity (Wildman–Crippen MR) is 92.0 cm³/mol. The van der Waals surface area contributed by atoms with Crippen LogP contribution in [0.5, 0.6) is 0 Å². The number of nitrogens with zero attached hydrogens (tertiary/aromatic N) is 3. The van der Waals surface area contributed by atoms with Crippen molar-refractivity contribution < 1.29 is 5.11 Å². The van der Waals surface area contributed by atoms with Gasteiger partial charge in [0.1, 0.15) is 18.3 Å². The Labute approximate surface area is 141 Å². The van der Waals surface area contributed by atoms with Gasteiger partial charge < -0.3 is 5.11 Å². The molecule has 5 heteroatoms. The Kier molecular flexibility index (Phi) is 4.07. The van der Waals surface area contributed by atoms with Crippen LogP contribution in [0.25, 0.3) is 6.08 Å². The highest BCUT2D eigenvalue weighted by Gasteiger charge is 2.55. The lowest BCUT2D eigenvalue weighted by Crippen LogP contribution is -2.47. The molecule has 1 saturated carbocycles. The maximum atomic E-state index is 11.6. The summed E-state index contributed by atoms with van der Waals surface area (Å²) in [4.78, 5) is 3.99. The third-order valence-corrected chi connectivity index (χ3v) is 5.68. The zero-order valence-corrected chi connectivity index (χ0v) is 14.5. The van der Waals surface area contributed by atoms with Crippen LogP contribution in [0.3, 0.4) is 0 Å². The maximum Gasteiger partial charge on any atom is 0.137 e. The molecular formula is C18H22ClN3O. The number of aliphatic hydroxyl groups is 1. The average Bonchev–Trinajstić information content (AvgIpc) is 3.05. The van der Waals surface area contributed by atoms with E-state index in [1.54, 1.807) is 11.0 Å². The van der Waals surface area contributed by atoms with Crippen LogP contribution in [0.2, 0.25) is 5.02 Å². The summed E-state index contributed by atoms with van der Waals surface area (Å²) >= 11 is 5.96. The number of aromatic nitrogens is 3. The fourth-order valence-electron chi connectivity index (χ4n) is 3.37. The number of hydrogen-bond donors (Lipinski definition) is 1. The number of hydrogen-bond acceptors (Lipinski definition) is 3. The molecule has 3 rings (SSSR count). The van der Waals surface area contributed by atoms with Crippen molar-refractivity contribution >= 4 is 17.7 Å². The van der Waals surface area contributed by atoms with Crippen molar-refractivity contribution in [2.24, 2.45) is 11.3 Å². The molecule has 1 aliphatic carbocycles. The normalized spacial score (nSPS) is 28.4. The summed E-state index contributed by atoms with van der Waals surface area (Å²) in [7, 11) is 0. The van der Waals surface area contributed by atoms with Crippen LogP contribution >= 0.6 is 11.6 Å². The fraction of sp³-hybridized carbons (Fsp3) is 0.444. The van der Waals surface area contributed by atoms with Gasteiger partial charge >= 0.3 is 0 Å². The van der Waals surface area contributed by atoms with Gasteiger partial charge in [0.15, 0.2) is 0 Å². The van der Waals surface area contributed by atoms with Crippen molar-refractivity contribution in [2.75, 3.05) is 0 Å². The lowest BCUT2D eigenvalue weighted by Gasteiger charge is -2.39. The van der Waals surface area contributed by atoms with Crippen molar-refractivity contribution in [1.82, 2.24) is 14.8 Å². The Morgan fingerprint density at radius 3 is 2.65 bits per heavy atom. The van der Waals surface area contributed by atoms with E-state index < -0.39 is 5.60 Å². The SMILES string of the molecule is CC1C/C(=C\c2ccc(Cl)cc2)C(O)(Cn2cncn2)C1(C)C. The summed E-state index contributed by atoms with van der Waals surface area (Å²) in [6.45, 7) is 6.84. The van der Waals surface area contributed by atoms with E-state index in [1.807, 2.05) is 24.3 Å². The minimum Gasteiger partial charge on any atom is -0.383 e. The highest BCUT2D eigenvalue weighted by atomic mass is 35.5. The molecule has 1 N–H and O–H groups in total. The minimum atomic E-state index is -0.959. The summed E-state index contributed by atoms with van der Waals surface area (Å²) in [5.41, 5.74) is 0.871. The lowest BCUT2D eigenvalue weighted by atomic mass is 9.72. The summed E-state index contributed by atoms with van der Waals surface area (Å²) < 4.78 is 1.70. The van der Waals surface area contributed by atoms with Gasteiger partial charge in [-0.3, -0.25) is 0 Å². The second kappa shape index (κ2) is 5.77. The monoisotopic (exact) mass is 331 g/mol. The number of halogens is 1. The van der Waals surface area contributed by atoms with E-state index in [0.29, 0.717) is 17.5 Å². The second-order valence-electron chi connectivity index (χ2n) is 7.00. The van der Waals surface area contributed by atoms with Crippen LogP contribution in [-0.4, -0.2) is 25.5 Å². The Bertz CT molecular complexity index is 706. The summed E-state index contributed by atoms with van der Waals surface area (Å²) in [5, 5.41) is 16.4. The smallest absolute Gasteiger partial charge is 0.137 e. The van der Waals surface area contributed by atoms with Gasteiger partial charge in [0.25, 0.3) is 0 Å². The van der Waals surface area contributed by atoms with Crippen molar-refractivity contribution in [2.45, 2.75) is 39.3 Å². The van der Waals surface area contributed by atoms with Gasteiger partial charge in [-0.1, -0.05) is 50.6 Å². The molecule has 0 bridgehead atoms. The van der Waals surface area contributed by atoms with Gasteiger partial charge in [-0.05, 0) is 35.6 Å². The summed E-state index contributed by atoms with van der Waals surface area (Å²) in [6.07, 6.45) is 6.09. The average molecular weight is 332 g/mol.